The van der Waals surface area contributed by atoms with Crippen LogP contribution in [0.3, 0.4) is 0 Å². The summed E-state index contributed by atoms with van der Waals surface area (Å²) in [6, 6.07) is 7.26. The molecule has 5 heteroatoms. The largest absolute Gasteiger partial charge is 0.399 e. The highest BCUT2D eigenvalue weighted by Gasteiger charge is 2.13. The Morgan fingerprint density at radius 3 is 2.63 bits per heavy atom. The summed E-state index contributed by atoms with van der Waals surface area (Å²) < 4.78 is 0. The van der Waals surface area contributed by atoms with Gasteiger partial charge in [0.2, 0.25) is 11.8 Å². The Bertz CT molecular complexity index is 458. The van der Waals surface area contributed by atoms with Crippen LogP contribution in [0, 0.1) is 0 Å². The van der Waals surface area contributed by atoms with Crippen molar-refractivity contribution < 1.29 is 9.59 Å². The number of nitrogens with zero attached hydrogens (tertiary/aromatic N) is 1. The Morgan fingerprint density at radius 1 is 1.37 bits per heavy atom. The van der Waals surface area contributed by atoms with E-state index in [1.165, 1.54) is 4.90 Å². The number of amides is 2. The molecule has 0 unspecified atom stereocenters. The molecule has 0 spiro atoms. The normalized spacial score (nSPS) is 10.3. The second-order valence-corrected chi connectivity index (χ2v) is 4.89. The number of nitrogens with two attached hydrogens (primary N) is 1. The molecule has 0 aliphatic carbocycles. The van der Waals surface area contributed by atoms with Gasteiger partial charge in [0, 0.05) is 18.8 Å². The number of rotatable bonds is 5. The molecule has 0 aromatic heterocycles. The third-order valence-electron chi connectivity index (χ3n) is 2.56. The van der Waals surface area contributed by atoms with E-state index in [0.717, 1.165) is 5.56 Å². The van der Waals surface area contributed by atoms with Gasteiger partial charge in [0.1, 0.15) is 0 Å². The first-order chi connectivity index (χ1) is 8.88. The van der Waals surface area contributed by atoms with Crippen molar-refractivity contribution in [2.75, 3.05) is 19.3 Å². The average molecular weight is 263 g/mol. The molecule has 1 rings (SSSR count). The number of nitrogen functional groups attached to an aromatic ring is 1. The minimum atomic E-state index is -0.154. The van der Waals surface area contributed by atoms with E-state index in [0.29, 0.717) is 5.69 Å². The van der Waals surface area contributed by atoms with Crippen molar-refractivity contribution in [3.05, 3.63) is 29.8 Å². The van der Waals surface area contributed by atoms with Crippen LogP contribution in [0.2, 0.25) is 0 Å². The van der Waals surface area contributed by atoms with Gasteiger partial charge in [0.25, 0.3) is 0 Å². The van der Waals surface area contributed by atoms with Gasteiger partial charge in [-0.1, -0.05) is 12.1 Å². The molecule has 5 nitrogen and oxygen atoms in total. The lowest BCUT2D eigenvalue weighted by molar-refractivity contribution is -0.134. The van der Waals surface area contributed by atoms with E-state index in [1.807, 2.05) is 26.0 Å². The van der Waals surface area contributed by atoms with Gasteiger partial charge >= 0.3 is 0 Å². The molecule has 3 N–H and O–H groups in total. The number of nitrogens with one attached hydrogen (secondary N) is 1. The number of benzene rings is 1. The summed E-state index contributed by atoms with van der Waals surface area (Å²) in [7, 11) is 1.62. The molecule has 0 bridgehead atoms. The topological polar surface area (TPSA) is 75.4 Å². The number of hydrogen-bond donors (Lipinski definition) is 2. The first kappa shape index (κ1) is 15.0. The minimum Gasteiger partial charge on any atom is -0.399 e. The van der Waals surface area contributed by atoms with Crippen molar-refractivity contribution in [1.29, 1.82) is 0 Å². The smallest absolute Gasteiger partial charge is 0.239 e. The summed E-state index contributed by atoms with van der Waals surface area (Å²) in [4.78, 5) is 24.9. The van der Waals surface area contributed by atoms with Gasteiger partial charge < -0.3 is 16.0 Å². The van der Waals surface area contributed by atoms with Gasteiger partial charge in [-0.2, -0.15) is 0 Å². The third kappa shape index (κ3) is 5.42. The first-order valence-electron chi connectivity index (χ1n) is 6.26. The van der Waals surface area contributed by atoms with Gasteiger partial charge in [-0.25, -0.2) is 0 Å². The third-order valence-corrected chi connectivity index (χ3v) is 2.56. The zero-order valence-electron chi connectivity index (χ0n) is 11.6. The van der Waals surface area contributed by atoms with E-state index in [4.69, 9.17) is 5.73 Å². The molecule has 19 heavy (non-hydrogen) atoms. The maximum atomic E-state index is 12.0. The van der Waals surface area contributed by atoms with E-state index < -0.39 is 0 Å². The highest BCUT2D eigenvalue weighted by Crippen LogP contribution is 2.08. The van der Waals surface area contributed by atoms with Crippen molar-refractivity contribution in [1.82, 2.24) is 10.2 Å². The summed E-state index contributed by atoms with van der Waals surface area (Å²) in [5.74, 6) is -0.261. The van der Waals surface area contributed by atoms with Crippen molar-refractivity contribution >= 4 is 17.5 Å². The number of anilines is 1. The van der Waals surface area contributed by atoms with E-state index >= 15 is 0 Å². The average Bonchev–Trinajstić information content (AvgIpc) is 2.27. The van der Waals surface area contributed by atoms with Crippen LogP contribution >= 0.6 is 0 Å². The van der Waals surface area contributed by atoms with Gasteiger partial charge in [-0.3, -0.25) is 9.59 Å². The summed E-state index contributed by atoms with van der Waals surface area (Å²) >= 11 is 0. The van der Waals surface area contributed by atoms with E-state index in [1.54, 1.807) is 19.2 Å². The summed E-state index contributed by atoms with van der Waals surface area (Å²) in [5, 5.41) is 2.75. The molecule has 1 aromatic rings. The zero-order chi connectivity index (χ0) is 14.4. The van der Waals surface area contributed by atoms with Crippen LogP contribution in [0.25, 0.3) is 0 Å². The second-order valence-electron chi connectivity index (χ2n) is 4.89. The lowest BCUT2D eigenvalue weighted by Crippen LogP contribution is -2.41. The Balaban J connectivity index is 2.51. The van der Waals surface area contributed by atoms with E-state index in [9.17, 15) is 9.59 Å². The fourth-order valence-electron chi connectivity index (χ4n) is 1.68. The number of hydrogen-bond acceptors (Lipinski definition) is 3. The van der Waals surface area contributed by atoms with Gasteiger partial charge in [0.05, 0.1) is 13.0 Å². The van der Waals surface area contributed by atoms with Gasteiger partial charge in [0.15, 0.2) is 0 Å². The van der Waals surface area contributed by atoms with Crippen molar-refractivity contribution in [3.8, 4) is 0 Å². The molecular weight excluding hydrogens is 242 g/mol. The minimum absolute atomic E-state index is 0.0688. The highest BCUT2D eigenvalue weighted by atomic mass is 16.2. The molecule has 0 saturated heterocycles. The van der Waals surface area contributed by atoms with Crippen LogP contribution in [-0.2, 0) is 16.0 Å². The van der Waals surface area contributed by atoms with Crippen molar-refractivity contribution in [3.63, 3.8) is 0 Å². The maximum Gasteiger partial charge on any atom is 0.239 e. The Labute approximate surface area is 113 Å². The summed E-state index contributed by atoms with van der Waals surface area (Å²) in [5.41, 5.74) is 7.14. The quantitative estimate of drug-likeness (QED) is 0.771. The Morgan fingerprint density at radius 2 is 2.05 bits per heavy atom. The predicted molar refractivity (Wildman–Crippen MR) is 75.5 cm³/mol. The summed E-state index contributed by atoms with van der Waals surface area (Å²) in [6.45, 7) is 3.83. The fraction of sp³-hybridized carbons (Fsp3) is 0.429. The van der Waals surface area contributed by atoms with Crippen LogP contribution in [0.5, 0.6) is 0 Å². The monoisotopic (exact) mass is 263 g/mol. The van der Waals surface area contributed by atoms with E-state index in [2.05, 4.69) is 5.32 Å². The van der Waals surface area contributed by atoms with Crippen molar-refractivity contribution in [2.45, 2.75) is 26.3 Å². The van der Waals surface area contributed by atoms with Crippen LogP contribution in [0.1, 0.15) is 19.4 Å². The van der Waals surface area contributed by atoms with E-state index in [-0.39, 0.29) is 30.8 Å². The summed E-state index contributed by atoms with van der Waals surface area (Å²) in [6.07, 6.45) is 0.247. The van der Waals surface area contributed by atoms with Crippen LogP contribution < -0.4 is 11.1 Å². The molecule has 0 aliphatic heterocycles. The number of carbonyl (C=O) groups excluding carboxylic acids is 2. The number of carbonyl (C=O) groups is 2. The molecule has 0 atom stereocenters. The van der Waals surface area contributed by atoms with Crippen LogP contribution in [0.4, 0.5) is 5.69 Å². The standard InChI is InChI=1S/C14H21N3O2/c1-10(2)16-13(18)9-17(3)14(19)8-11-5-4-6-12(15)7-11/h4-7,10H,8-9,15H2,1-3H3,(H,16,18). The highest BCUT2D eigenvalue weighted by molar-refractivity contribution is 5.85. The fourth-order valence-corrected chi connectivity index (χ4v) is 1.68. The molecule has 0 radical (unpaired) electrons. The lowest BCUT2D eigenvalue weighted by Gasteiger charge is -2.18. The molecule has 0 aliphatic rings. The Hall–Kier alpha value is -2.04. The molecule has 2 amide bonds. The zero-order valence-corrected chi connectivity index (χ0v) is 11.6. The molecule has 0 heterocycles. The predicted octanol–water partition coefficient (Wildman–Crippen LogP) is 0.794. The molecule has 0 fully saturated rings. The van der Waals surface area contributed by atoms with Crippen LogP contribution in [-0.4, -0.2) is 36.3 Å². The number of likely N-dealkylation sites (N-methyl/N-ethyl adjacent to an activating group) is 1. The SMILES string of the molecule is CC(C)NC(=O)CN(C)C(=O)Cc1cccc(N)c1. The lowest BCUT2D eigenvalue weighted by atomic mass is 10.1. The first-order valence-corrected chi connectivity index (χ1v) is 6.26. The molecule has 104 valence electrons. The molecule has 0 saturated carbocycles. The maximum absolute atomic E-state index is 12.0. The van der Waals surface area contributed by atoms with Gasteiger partial charge in [-0.15, -0.1) is 0 Å². The van der Waals surface area contributed by atoms with Crippen molar-refractivity contribution in [2.24, 2.45) is 0 Å². The Kier molecular flexibility index (Phi) is 5.36. The second kappa shape index (κ2) is 6.78. The van der Waals surface area contributed by atoms with Crippen LogP contribution in [0.15, 0.2) is 24.3 Å². The molecular formula is C14H21N3O2. The molecule has 1 aromatic carbocycles. The van der Waals surface area contributed by atoms with Gasteiger partial charge in [-0.05, 0) is 31.5 Å².